The molecule has 8 heteroatoms. The monoisotopic (exact) mass is 495 g/mol. The predicted octanol–water partition coefficient (Wildman–Crippen LogP) is 2.77. The Bertz CT molecular complexity index is 1170. The van der Waals surface area contributed by atoms with Crippen molar-refractivity contribution in [3.05, 3.63) is 59.3 Å². The maximum absolute atomic E-state index is 12.9. The Morgan fingerprint density at radius 3 is 2.39 bits per heavy atom. The summed E-state index contributed by atoms with van der Waals surface area (Å²) in [4.78, 5) is 17.3. The van der Waals surface area contributed by atoms with Crippen LogP contribution in [0.15, 0.2) is 42.5 Å². The average molecular weight is 496 g/mol. The van der Waals surface area contributed by atoms with Gasteiger partial charge in [-0.25, -0.2) is 4.79 Å². The number of piperazine rings is 1. The normalized spacial score (nSPS) is 15.8. The zero-order chi connectivity index (χ0) is 25.7. The molecule has 0 saturated carbocycles. The van der Waals surface area contributed by atoms with Crippen LogP contribution < -0.4 is 4.74 Å². The lowest BCUT2D eigenvalue weighted by molar-refractivity contribution is 0.0428. The molecule has 0 radical (unpaired) electrons. The zero-order valence-corrected chi connectivity index (χ0v) is 21.4. The van der Waals surface area contributed by atoms with E-state index in [0.29, 0.717) is 31.0 Å². The van der Waals surface area contributed by atoms with Crippen LogP contribution in [0.4, 0.5) is 0 Å². The first-order valence-electron chi connectivity index (χ1n) is 12.7. The lowest BCUT2D eigenvalue weighted by Crippen LogP contribution is -2.49. The number of hydrogen-bond donors (Lipinski definition) is 2. The summed E-state index contributed by atoms with van der Waals surface area (Å²) in [6.07, 6.45) is -0.631. The lowest BCUT2D eigenvalue weighted by Gasteiger charge is -2.35. The van der Waals surface area contributed by atoms with Gasteiger partial charge in [0.15, 0.2) is 0 Å². The van der Waals surface area contributed by atoms with Gasteiger partial charge < -0.3 is 24.3 Å². The minimum atomic E-state index is -0.631. The molecule has 1 saturated heterocycles. The second-order valence-electron chi connectivity index (χ2n) is 9.36. The smallest absolute Gasteiger partial charge is 0.340 e. The van der Waals surface area contributed by atoms with Gasteiger partial charge in [-0.15, -0.1) is 0 Å². The largest absolute Gasteiger partial charge is 0.491 e. The molecule has 1 aliphatic rings. The minimum absolute atomic E-state index is 0.161. The highest BCUT2D eigenvalue weighted by Gasteiger charge is 2.23. The van der Waals surface area contributed by atoms with Crippen LogP contribution >= 0.6 is 0 Å². The van der Waals surface area contributed by atoms with Crippen LogP contribution in [0, 0.1) is 13.8 Å². The van der Waals surface area contributed by atoms with Crippen molar-refractivity contribution >= 4 is 16.9 Å². The van der Waals surface area contributed by atoms with Crippen LogP contribution in [0.25, 0.3) is 16.6 Å². The SMILES string of the molecule is CCOC(=O)c1c(C)n(-c2ccc(C)cc2)c2ccc(OC[C@H](O)CN3CCN(CCO)CC3)cc12. The molecule has 0 spiro atoms. The van der Waals surface area contributed by atoms with Gasteiger partial charge in [-0.1, -0.05) is 17.7 Å². The number of carbonyl (C=O) groups is 1. The first-order valence-corrected chi connectivity index (χ1v) is 12.7. The second kappa shape index (κ2) is 11.9. The van der Waals surface area contributed by atoms with Crippen molar-refractivity contribution in [1.82, 2.24) is 14.4 Å². The van der Waals surface area contributed by atoms with E-state index in [1.54, 1.807) is 6.92 Å². The molecular weight excluding hydrogens is 458 g/mol. The number of esters is 1. The van der Waals surface area contributed by atoms with E-state index in [1.165, 1.54) is 5.56 Å². The van der Waals surface area contributed by atoms with Gasteiger partial charge in [0.25, 0.3) is 0 Å². The standard InChI is InChI=1S/C28H37N3O5/c1-4-35-28(34)27-21(3)31(22-7-5-20(2)6-8-22)26-10-9-24(17-25(26)27)36-19-23(33)18-30-13-11-29(12-14-30)15-16-32/h5-10,17,23,32-33H,4,11-16,18-19H2,1-3H3/t23-/m1/s1. The molecule has 0 amide bonds. The van der Waals surface area contributed by atoms with Crippen molar-refractivity contribution in [2.24, 2.45) is 0 Å². The fourth-order valence-electron chi connectivity index (χ4n) is 4.86. The minimum Gasteiger partial charge on any atom is -0.491 e. The summed E-state index contributed by atoms with van der Waals surface area (Å²) < 4.78 is 13.4. The third kappa shape index (κ3) is 5.90. The molecule has 1 fully saturated rings. The van der Waals surface area contributed by atoms with E-state index in [-0.39, 0.29) is 19.2 Å². The second-order valence-corrected chi connectivity index (χ2v) is 9.36. The maximum Gasteiger partial charge on any atom is 0.340 e. The number of nitrogens with zero attached hydrogens (tertiary/aromatic N) is 3. The topological polar surface area (TPSA) is 87.4 Å². The van der Waals surface area contributed by atoms with Crippen molar-refractivity contribution in [3.63, 3.8) is 0 Å². The Kier molecular flexibility index (Phi) is 8.64. The molecular formula is C28H37N3O5. The van der Waals surface area contributed by atoms with Gasteiger partial charge in [0, 0.05) is 56.0 Å². The molecule has 1 aliphatic heterocycles. The number of aryl methyl sites for hydroxylation is 1. The van der Waals surface area contributed by atoms with Crippen LogP contribution in [-0.4, -0.2) is 95.7 Å². The fourth-order valence-corrected chi connectivity index (χ4v) is 4.86. The molecule has 0 unspecified atom stereocenters. The van der Waals surface area contributed by atoms with Gasteiger partial charge in [0.2, 0.25) is 0 Å². The Morgan fingerprint density at radius 1 is 1.03 bits per heavy atom. The van der Waals surface area contributed by atoms with Gasteiger partial charge in [-0.2, -0.15) is 0 Å². The highest BCUT2D eigenvalue weighted by molar-refractivity contribution is 6.07. The van der Waals surface area contributed by atoms with E-state index in [1.807, 2.05) is 44.2 Å². The van der Waals surface area contributed by atoms with Crippen molar-refractivity contribution in [3.8, 4) is 11.4 Å². The summed E-state index contributed by atoms with van der Waals surface area (Å²) in [5.41, 5.74) is 4.37. The number of fused-ring (bicyclic) bond motifs is 1. The molecule has 1 aromatic heterocycles. The third-order valence-electron chi connectivity index (χ3n) is 6.74. The first kappa shape index (κ1) is 26.2. The van der Waals surface area contributed by atoms with E-state index in [0.717, 1.165) is 48.5 Å². The molecule has 2 heterocycles. The van der Waals surface area contributed by atoms with Crippen molar-refractivity contribution in [1.29, 1.82) is 0 Å². The summed E-state index contributed by atoms with van der Waals surface area (Å²) in [5.74, 6) is 0.240. The number of aliphatic hydroxyl groups excluding tert-OH is 2. The van der Waals surface area contributed by atoms with Gasteiger partial charge in [-0.05, 0) is 51.1 Å². The summed E-state index contributed by atoms with van der Waals surface area (Å²) in [6, 6.07) is 13.9. The zero-order valence-electron chi connectivity index (χ0n) is 21.4. The van der Waals surface area contributed by atoms with Crippen molar-refractivity contribution < 1.29 is 24.5 Å². The number of β-amino-alcohol motifs (C(OH)–C–C–N with tert-alkyl or cyclic N) is 2. The molecule has 8 nitrogen and oxygen atoms in total. The van der Waals surface area contributed by atoms with Gasteiger partial charge in [-0.3, -0.25) is 9.80 Å². The van der Waals surface area contributed by atoms with E-state index >= 15 is 0 Å². The predicted molar refractivity (Wildman–Crippen MR) is 140 cm³/mol. The molecule has 2 N–H and O–H groups in total. The van der Waals surface area contributed by atoms with Crippen molar-refractivity contribution in [2.45, 2.75) is 26.9 Å². The van der Waals surface area contributed by atoms with E-state index in [9.17, 15) is 9.90 Å². The Balaban J connectivity index is 1.51. The molecule has 0 bridgehead atoms. The molecule has 3 aromatic rings. The van der Waals surface area contributed by atoms with Crippen LogP contribution in [0.1, 0.15) is 28.5 Å². The Labute approximate surface area is 212 Å². The number of benzene rings is 2. The van der Waals surface area contributed by atoms with E-state index < -0.39 is 6.10 Å². The van der Waals surface area contributed by atoms with E-state index in [2.05, 4.69) is 26.5 Å². The highest BCUT2D eigenvalue weighted by atomic mass is 16.5. The highest BCUT2D eigenvalue weighted by Crippen LogP contribution is 2.32. The third-order valence-corrected chi connectivity index (χ3v) is 6.74. The van der Waals surface area contributed by atoms with Crippen LogP contribution in [-0.2, 0) is 4.74 Å². The fraction of sp³-hybridized carbons (Fsp3) is 0.464. The van der Waals surface area contributed by atoms with E-state index in [4.69, 9.17) is 14.6 Å². The average Bonchev–Trinajstić information content (AvgIpc) is 3.16. The number of aromatic nitrogens is 1. The molecule has 4 rings (SSSR count). The van der Waals surface area contributed by atoms with Crippen LogP contribution in [0.3, 0.4) is 0 Å². The summed E-state index contributed by atoms with van der Waals surface area (Å²) >= 11 is 0. The lowest BCUT2D eigenvalue weighted by atomic mass is 10.1. The Morgan fingerprint density at radius 2 is 1.72 bits per heavy atom. The summed E-state index contributed by atoms with van der Waals surface area (Å²) in [7, 11) is 0. The summed E-state index contributed by atoms with van der Waals surface area (Å²) in [6.45, 7) is 11.1. The van der Waals surface area contributed by atoms with Crippen LogP contribution in [0.2, 0.25) is 0 Å². The van der Waals surface area contributed by atoms with Gasteiger partial charge in [0.05, 0.1) is 24.3 Å². The number of ether oxygens (including phenoxy) is 2. The quantitative estimate of drug-likeness (QED) is 0.418. The number of aliphatic hydroxyl groups is 2. The van der Waals surface area contributed by atoms with Gasteiger partial charge >= 0.3 is 5.97 Å². The van der Waals surface area contributed by atoms with Crippen molar-refractivity contribution in [2.75, 3.05) is 59.1 Å². The molecule has 0 aliphatic carbocycles. The Hall–Kier alpha value is -2.91. The summed E-state index contributed by atoms with van der Waals surface area (Å²) in [5, 5.41) is 20.4. The first-order chi connectivity index (χ1) is 17.4. The maximum atomic E-state index is 12.9. The van der Waals surface area contributed by atoms with Gasteiger partial charge in [0.1, 0.15) is 18.5 Å². The van der Waals surface area contributed by atoms with Crippen LogP contribution in [0.5, 0.6) is 5.75 Å². The molecule has 2 aromatic carbocycles. The molecule has 194 valence electrons. The molecule has 1 atom stereocenters. The molecule has 36 heavy (non-hydrogen) atoms. The number of rotatable bonds is 10. The number of hydrogen-bond acceptors (Lipinski definition) is 7. The number of carbonyl (C=O) groups excluding carboxylic acids is 1.